The zero-order chi connectivity index (χ0) is 11.9. The quantitative estimate of drug-likeness (QED) is 0.520. The summed E-state index contributed by atoms with van der Waals surface area (Å²) in [7, 11) is 0. The molecule has 4 heteroatoms. The molecule has 0 aromatic heterocycles. The van der Waals surface area contributed by atoms with E-state index in [1.54, 1.807) is 20.8 Å². The molecule has 0 aromatic carbocycles. The van der Waals surface area contributed by atoms with E-state index in [-0.39, 0.29) is 25.2 Å². The van der Waals surface area contributed by atoms with Crippen LogP contribution in [-0.4, -0.2) is 25.2 Å². The maximum absolute atomic E-state index is 11.3. The van der Waals surface area contributed by atoms with Gasteiger partial charge >= 0.3 is 11.9 Å². The van der Waals surface area contributed by atoms with Crippen molar-refractivity contribution in [3.05, 3.63) is 0 Å². The molecule has 15 heavy (non-hydrogen) atoms. The highest BCUT2D eigenvalue weighted by atomic mass is 16.6. The fourth-order valence-corrected chi connectivity index (χ4v) is 0.783. The SMILES string of the molecule is CCCC(=O)OCCOC(=O)C(C)(C)C. The molecule has 88 valence electrons. The first-order valence-corrected chi connectivity index (χ1v) is 5.20. The summed E-state index contributed by atoms with van der Waals surface area (Å²) in [6, 6.07) is 0. The molecule has 0 saturated heterocycles. The molecule has 0 aliphatic heterocycles. The van der Waals surface area contributed by atoms with Crippen molar-refractivity contribution >= 4 is 11.9 Å². The zero-order valence-corrected chi connectivity index (χ0v) is 9.96. The van der Waals surface area contributed by atoms with E-state index in [0.717, 1.165) is 6.42 Å². The van der Waals surface area contributed by atoms with Gasteiger partial charge in [0.2, 0.25) is 0 Å². The van der Waals surface area contributed by atoms with E-state index in [9.17, 15) is 9.59 Å². The van der Waals surface area contributed by atoms with Crippen LogP contribution >= 0.6 is 0 Å². The minimum Gasteiger partial charge on any atom is -0.462 e. The molecule has 0 fully saturated rings. The van der Waals surface area contributed by atoms with Gasteiger partial charge in [-0.1, -0.05) is 6.92 Å². The number of rotatable bonds is 5. The Morgan fingerprint density at radius 3 is 2.07 bits per heavy atom. The molecule has 0 aliphatic rings. The van der Waals surface area contributed by atoms with Gasteiger partial charge in [0.05, 0.1) is 5.41 Å². The number of carbonyl (C=O) groups excluding carboxylic acids is 2. The fraction of sp³-hybridized carbons (Fsp3) is 0.818. The molecule has 0 heterocycles. The van der Waals surface area contributed by atoms with E-state index in [4.69, 9.17) is 9.47 Å². The Morgan fingerprint density at radius 1 is 1.07 bits per heavy atom. The van der Waals surface area contributed by atoms with Crippen molar-refractivity contribution in [3.8, 4) is 0 Å². The molecular formula is C11H20O4. The van der Waals surface area contributed by atoms with Crippen molar-refractivity contribution in [2.75, 3.05) is 13.2 Å². The topological polar surface area (TPSA) is 52.6 Å². The lowest BCUT2D eigenvalue weighted by atomic mass is 9.97. The van der Waals surface area contributed by atoms with Gasteiger partial charge in [0.1, 0.15) is 13.2 Å². The van der Waals surface area contributed by atoms with Gasteiger partial charge in [-0.2, -0.15) is 0 Å². The standard InChI is InChI=1S/C11H20O4/c1-5-6-9(12)14-7-8-15-10(13)11(2,3)4/h5-8H2,1-4H3. The third kappa shape index (κ3) is 6.94. The molecule has 0 bridgehead atoms. The Morgan fingerprint density at radius 2 is 1.60 bits per heavy atom. The van der Waals surface area contributed by atoms with Crippen LogP contribution in [0, 0.1) is 5.41 Å². The average molecular weight is 216 g/mol. The molecule has 0 N–H and O–H groups in total. The van der Waals surface area contributed by atoms with Gasteiger partial charge in [-0.15, -0.1) is 0 Å². The molecule has 0 radical (unpaired) electrons. The van der Waals surface area contributed by atoms with E-state index >= 15 is 0 Å². The molecule has 0 amide bonds. The minimum absolute atomic E-state index is 0.131. The number of carbonyl (C=O) groups is 2. The van der Waals surface area contributed by atoms with Crippen molar-refractivity contribution in [3.63, 3.8) is 0 Å². The molecule has 4 nitrogen and oxygen atoms in total. The highest BCUT2D eigenvalue weighted by Crippen LogP contribution is 2.14. The van der Waals surface area contributed by atoms with Crippen molar-refractivity contribution in [2.24, 2.45) is 5.41 Å². The lowest BCUT2D eigenvalue weighted by Gasteiger charge is -2.16. The normalized spacial score (nSPS) is 10.9. The highest BCUT2D eigenvalue weighted by molar-refractivity contribution is 5.75. The van der Waals surface area contributed by atoms with Crippen LogP contribution in [0.5, 0.6) is 0 Å². The van der Waals surface area contributed by atoms with Gasteiger partial charge in [0.25, 0.3) is 0 Å². The van der Waals surface area contributed by atoms with E-state index in [1.165, 1.54) is 0 Å². The van der Waals surface area contributed by atoms with Crippen LogP contribution in [-0.2, 0) is 19.1 Å². The summed E-state index contributed by atoms with van der Waals surface area (Å²) in [4.78, 5) is 22.2. The third-order valence-electron chi connectivity index (χ3n) is 1.65. The zero-order valence-electron chi connectivity index (χ0n) is 9.96. The van der Waals surface area contributed by atoms with E-state index in [0.29, 0.717) is 6.42 Å². The summed E-state index contributed by atoms with van der Waals surface area (Å²) in [5.41, 5.74) is -0.507. The number of hydrogen-bond acceptors (Lipinski definition) is 4. The Balaban J connectivity index is 3.55. The highest BCUT2D eigenvalue weighted by Gasteiger charge is 2.22. The van der Waals surface area contributed by atoms with E-state index in [1.807, 2.05) is 6.92 Å². The maximum atomic E-state index is 11.3. The fourth-order valence-electron chi connectivity index (χ4n) is 0.783. The van der Waals surface area contributed by atoms with Crippen LogP contribution in [0.25, 0.3) is 0 Å². The smallest absolute Gasteiger partial charge is 0.311 e. The Kier molecular flexibility index (Phi) is 5.97. The number of esters is 2. The second kappa shape index (κ2) is 6.43. The monoisotopic (exact) mass is 216 g/mol. The molecule has 0 saturated carbocycles. The van der Waals surface area contributed by atoms with E-state index in [2.05, 4.69) is 0 Å². The Hall–Kier alpha value is -1.06. The largest absolute Gasteiger partial charge is 0.462 e. The first kappa shape index (κ1) is 13.9. The van der Waals surface area contributed by atoms with Crippen LogP contribution in [0.3, 0.4) is 0 Å². The lowest BCUT2D eigenvalue weighted by molar-refractivity contribution is -0.158. The molecule has 0 rings (SSSR count). The average Bonchev–Trinajstić information content (AvgIpc) is 2.11. The first-order valence-electron chi connectivity index (χ1n) is 5.20. The van der Waals surface area contributed by atoms with Crippen molar-refractivity contribution in [2.45, 2.75) is 40.5 Å². The summed E-state index contributed by atoms with van der Waals surface area (Å²) in [6.45, 7) is 7.50. The molecule has 0 spiro atoms. The van der Waals surface area contributed by atoms with Gasteiger partial charge < -0.3 is 9.47 Å². The number of hydrogen-bond donors (Lipinski definition) is 0. The maximum Gasteiger partial charge on any atom is 0.311 e. The van der Waals surface area contributed by atoms with Gasteiger partial charge in [-0.25, -0.2) is 0 Å². The summed E-state index contributed by atoms with van der Waals surface area (Å²) in [5.74, 6) is -0.529. The second-order valence-electron chi connectivity index (χ2n) is 4.36. The van der Waals surface area contributed by atoms with Crippen molar-refractivity contribution in [1.82, 2.24) is 0 Å². The molecular weight excluding hydrogens is 196 g/mol. The van der Waals surface area contributed by atoms with Crippen LogP contribution in [0.15, 0.2) is 0 Å². The summed E-state index contributed by atoms with van der Waals surface area (Å²) in [5, 5.41) is 0. The van der Waals surface area contributed by atoms with Crippen LogP contribution in [0.2, 0.25) is 0 Å². The minimum atomic E-state index is -0.507. The Labute approximate surface area is 90.9 Å². The van der Waals surface area contributed by atoms with Gasteiger partial charge in [0.15, 0.2) is 0 Å². The van der Waals surface area contributed by atoms with Crippen LogP contribution in [0.4, 0.5) is 0 Å². The van der Waals surface area contributed by atoms with Crippen LogP contribution < -0.4 is 0 Å². The predicted molar refractivity (Wildman–Crippen MR) is 56.3 cm³/mol. The van der Waals surface area contributed by atoms with Crippen molar-refractivity contribution < 1.29 is 19.1 Å². The van der Waals surface area contributed by atoms with Gasteiger partial charge in [-0.3, -0.25) is 9.59 Å². The molecule has 0 aliphatic carbocycles. The summed E-state index contributed by atoms with van der Waals surface area (Å²) >= 11 is 0. The van der Waals surface area contributed by atoms with Crippen molar-refractivity contribution in [1.29, 1.82) is 0 Å². The molecule has 0 unspecified atom stereocenters. The van der Waals surface area contributed by atoms with Gasteiger partial charge in [0, 0.05) is 6.42 Å². The molecule has 0 aromatic rings. The number of ether oxygens (including phenoxy) is 2. The van der Waals surface area contributed by atoms with Crippen LogP contribution in [0.1, 0.15) is 40.5 Å². The van der Waals surface area contributed by atoms with E-state index < -0.39 is 5.41 Å². The molecule has 0 atom stereocenters. The third-order valence-corrected chi connectivity index (χ3v) is 1.65. The lowest BCUT2D eigenvalue weighted by Crippen LogP contribution is -2.24. The summed E-state index contributed by atoms with van der Waals surface area (Å²) < 4.78 is 9.75. The Bertz CT molecular complexity index is 215. The van der Waals surface area contributed by atoms with Gasteiger partial charge in [-0.05, 0) is 27.2 Å². The second-order valence-corrected chi connectivity index (χ2v) is 4.36. The predicted octanol–water partition coefficient (Wildman–Crippen LogP) is 1.92. The summed E-state index contributed by atoms with van der Waals surface area (Å²) in [6.07, 6.45) is 1.17. The first-order chi connectivity index (χ1) is 6.88.